The average Bonchev–Trinajstić information content (AvgIpc) is 2.74. The van der Waals surface area contributed by atoms with E-state index in [9.17, 15) is 5.11 Å². The predicted molar refractivity (Wildman–Crippen MR) is 117 cm³/mol. The van der Waals surface area contributed by atoms with E-state index in [1.54, 1.807) is 18.9 Å². The van der Waals surface area contributed by atoms with Gasteiger partial charge in [0.05, 0.1) is 7.11 Å². The number of ether oxygens (including phenoxy) is 1. The highest BCUT2D eigenvalue weighted by Crippen LogP contribution is 2.26. The van der Waals surface area contributed by atoms with Crippen LogP contribution in [0.5, 0.6) is 5.75 Å². The van der Waals surface area contributed by atoms with Gasteiger partial charge in [-0.05, 0) is 49.3 Å². The SMILES string of the molecule is COc1ccc(CN2CCN(Cc3cnc(SC)nc3)C[C@H]2CCO)c(C)c1C. The molecule has 0 amide bonds. The fourth-order valence-electron chi connectivity index (χ4n) is 3.98. The number of benzene rings is 1. The molecule has 0 saturated carbocycles. The van der Waals surface area contributed by atoms with Crippen LogP contribution < -0.4 is 4.74 Å². The van der Waals surface area contributed by atoms with Gasteiger partial charge in [-0.1, -0.05) is 17.8 Å². The van der Waals surface area contributed by atoms with Gasteiger partial charge in [0, 0.05) is 63.3 Å². The molecule has 0 unspecified atom stereocenters. The fourth-order valence-corrected chi connectivity index (χ4v) is 4.30. The van der Waals surface area contributed by atoms with Gasteiger partial charge in [0.2, 0.25) is 0 Å². The van der Waals surface area contributed by atoms with Crippen molar-refractivity contribution in [2.45, 2.75) is 44.6 Å². The maximum Gasteiger partial charge on any atom is 0.187 e. The molecular formula is C22H32N4O2S. The largest absolute Gasteiger partial charge is 0.496 e. The van der Waals surface area contributed by atoms with Crippen LogP contribution >= 0.6 is 11.8 Å². The lowest BCUT2D eigenvalue weighted by molar-refractivity contribution is 0.0497. The molecule has 0 spiro atoms. The van der Waals surface area contributed by atoms with E-state index in [0.29, 0.717) is 6.04 Å². The molecule has 1 aliphatic rings. The maximum absolute atomic E-state index is 9.62. The molecule has 1 aromatic heterocycles. The van der Waals surface area contributed by atoms with Crippen LogP contribution in [0, 0.1) is 13.8 Å². The Morgan fingerprint density at radius 2 is 1.90 bits per heavy atom. The Balaban J connectivity index is 1.66. The van der Waals surface area contributed by atoms with Gasteiger partial charge >= 0.3 is 0 Å². The first-order valence-corrected chi connectivity index (χ1v) is 11.3. The second-order valence-electron chi connectivity index (χ2n) is 7.63. The van der Waals surface area contributed by atoms with Crippen molar-refractivity contribution in [2.75, 3.05) is 39.6 Å². The molecule has 29 heavy (non-hydrogen) atoms. The van der Waals surface area contributed by atoms with Gasteiger partial charge in [-0.25, -0.2) is 9.97 Å². The second-order valence-corrected chi connectivity index (χ2v) is 8.40. The number of thioether (sulfide) groups is 1. The molecule has 7 heteroatoms. The lowest BCUT2D eigenvalue weighted by Crippen LogP contribution is -2.52. The zero-order valence-electron chi connectivity index (χ0n) is 17.9. The number of hydrogen-bond acceptors (Lipinski definition) is 7. The molecule has 1 aromatic carbocycles. The molecule has 2 aromatic rings. The smallest absolute Gasteiger partial charge is 0.187 e. The summed E-state index contributed by atoms with van der Waals surface area (Å²) in [5.41, 5.74) is 4.97. The monoisotopic (exact) mass is 416 g/mol. The van der Waals surface area contributed by atoms with Crippen LogP contribution in [0.1, 0.15) is 28.7 Å². The van der Waals surface area contributed by atoms with E-state index in [2.05, 4.69) is 45.7 Å². The first-order chi connectivity index (χ1) is 14.0. The van der Waals surface area contributed by atoms with Gasteiger partial charge in [0.1, 0.15) is 5.75 Å². The second kappa shape index (κ2) is 10.4. The molecule has 158 valence electrons. The molecule has 1 aliphatic heterocycles. The summed E-state index contributed by atoms with van der Waals surface area (Å²) in [6, 6.07) is 4.57. The lowest BCUT2D eigenvalue weighted by atomic mass is 10.00. The molecule has 1 atom stereocenters. The fraction of sp³-hybridized carbons (Fsp3) is 0.545. The van der Waals surface area contributed by atoms with Crippen molar-refractivity contribution in [2.24, 2.45) is 0 Å². The standard InChI is InChI=1S/C22H32N4O2S/c1-16-17(2)21(28-3)6-5-19(16)14-26-9-8-25(15-20(26)7-10-27)13-18-11-23-22(29-4)24-12-18/h5-6,11-12,20,27H,7-10,13-15H2,1-4H3/t20-/m1/s1. The summed E-state index contributed by atoms with van der Waals surface area (Å²) < 4.78 is 5.45. The number of aliphatic hydroxyl groups is 1. The number of aromatic nitrogens is 2. The highest BCUT2D eigenvalue weighted by molar-refractivity contribution is 7.98. The molecule has 6 nitrogen and oxygen atoms in total. The van der Waals surface area contributed by atoms with E-state index >= 15 is 0 Å². The van der Waals surface area contributed by atoms with E-state index in [4.69, 9.17) is 4.74 Å². The Morgan fingerprint density at radius 3 is 2.55 bits per heavy atom. The molecule has 0 aliphatic carbocycles. The Morgan fingerprint density at radius 1 is 1.14 bits per heavy atom. The van der Waals surface area contributed by atoms with Crippen LogP contribution in [-0.4, -0.2) is 70.5 Å². The van der Waals surface area contributed by atoms with Crippen LogP contribution in [0.25, 0.3) is 0 Å². The van der Waals surface area contributed by atoms with Crippen molar-refractivity contribution in [1.29, 1.82) is 0 Å². The molecular weight excluding hydrogens is 384 g/mol. The number of nitrogens with zero attached hydrogens (tertiary/aromatic N) is 4. The normalized spacial score (nSPS) is 18.2. The zero-order valence-corrected chi connectivity index (χ0v) is 18.7. The third-order valence-electron chi connectivity index (χ3n) is 5.86. The summed E-state index contributed by atoms with van der Waals surface area (Å²) in [6.45, 7) is 9.18. The number of aliphatic hydroxyl groups excluding tert-OH is 1. The molecule has 1 saturated heterocycles. The molecule has 0 bridgehead atoms. The number of piperazine rings is 1. The van der Waals surface area contributed by atoms with Crippen molar-refractivity contribution in [3.05, 3.63) is 46.8 Å². The summed E-state index contributed by atoms with van der Waals surface area (Å²) >= 11 is 1.56. The van der Waals surface area contributed by atoms with Crippen LogP contribution in [-0.2, 0) is 13.1 Å². The minimum atomic E-state index is 0.209. The lowest BCUT2D eigenvalue weighted by Gasteiger charge is -2.41. The average molecular weight is 417 g/mol. The summed E-state index contributed by atoms with van der Waals surface area (Å²) in [7, 11) is 1.72. The van der Waals surface area contributed by atoms with Gasteiger partial charge in [0.15, 0.2) is 5.16 Å². The van der Waals surface area contributed by atoms with Gasteiger partial charge in [0.25, 0.3) is 0 Å². The summed E-state index contributed by atoms with van der Waals surface area (Å²) in [5, 5.41) is 10.4. The number of hydrogen-bond donors (Lipinski definition) is 1. The minimum Gasteiger partial charge on any atom is -0.496 e. The van der Waals surface area contributed by atoms with Crippen LogP contribution in [0.3, 0.4) is 0 Å². The van der Waals surface area contributed by atoms with Crippen molar-refractivity contribution in [1.82, 2.24) is 19.8 Å². The Bertz CT molecular complexity index is 800. The van der Waals surface area contributed by atoms with Gasteiger partial charge < -0.3 is 9.84 Å². The van der Waals surface area contributed by atoms with E-state index < -0.39 is 0 Å². The first kappa shape index (κ1) is 22.0. The summed E-state index contributed by atoms with van der Waals surface area (Å²) in [5.74, 6) is 0.942. The van der Waals surface area contributed by atoms with Crippen molar-refractivity contribution in [3.8, 4) is 5.75 Å². The van der Waals surface area contributed by atoms with E-state index in [1.807, 2.05) is 18.6 Å². The Hall–Kier alpha value is -1.67. The van der Waals surface area contributed by atoms with Crippen LogP contribution in [0.15, 0.2) is 29.7 Å². The van der Waals surface area contributed by atoms with E-state index in [-0.39, 0.29) is 6.61 Å². The van der Waals surface area contributed by atoms with Crippen molar-refractivity contribution >= 4 is 11.8 Å². The summed E-state index contributed by atoms with van der Waals surface area (Å²) in [4.78, 5) is 13.7. The topological polar surface area (TPSA) is 61.7 Å². The zero-order chi connectivity index (χ0) is 20.8. The Kier molecular flexibility index (Phi) is 7.89. The van der Waals surface area contributed by atoms with Gasteiger partial charge in [-0.2, -0.15) is 0 Å². The third kappa shape index (κ3) is 5.48. The Labute approximate surface area is 178 Å². The minimum absolute atomic E-state index is 0.209. The van der Waals surface area contributed by atoms with Gasteiger partial charge in [-0.3, -0.25) is 9.80 Å². The molecule has 1 N–H and O–H groups in total. The van der Waals surface area contributed by atoms with Crippen molar-refractivity contribution < 1.29 is 9.84 Å². The number of methoxy groups -OCH3 is 1. The number of rotatable bonds is 8. The third-order valence-corrected chi connectivity index (χ3v) is 6.44. The molecule has 0 radical (unpaired) electrons. The van der Waals surface area contributed by atoms with Crippen LogP contribution in [0.2, 0.25) is 0 Å². The van der Waals surface area contributed by atoms with Crippen molar-refractivity contribution in [3.63, 3.8) is 0 Å². The molecule has 3 rings (SSSR count). The molecule has 2 heterocycles. The quantitative estimate of drug-likeness (QED) is 0.524. The highest BCUT2D eigenvalue weighted by atomic mass is 32.2. The van der Waals surface area contributed by atoms with Gasteiger partial charge in [-0.15, -0.1) is 0 Å². The molecule has 1 fully saturated rings. The summed E-state index contributed by atoms with van der Waals surface area (Å²) in [6.07, 6.45) is 6.62. The predicted octanol–water partition coefficient (Wildman–Crippen LogP) is 2.89. The van der Waals surface area contributed by atoms with E-state index in [0.717, 1.165) is 55.6 Å². The van der Waals surface area contributed by atoms with Crippen LogP contribution in [0.4, 0.5) is 0 Å². The highest BCUT2D eigenvalue weighted by Gasteiger charge is 2.27. The first-order valence-electron chi connectivity index (χ1n) is 10.1. The maximum atomic E-state index is 9.62. The van der Waals surface area contributed by atoms with E-state index in [1.165, 1.54) is 16.7 Å².